The fraction of sp³-hybridized carbons (Fsp3) is 0.882. The first-order valence-corrected chi connectivity index (χ1v) is 9.02. The van der Waals surface area contributed by atoms with Gasteiger partial charge in [-0.05, 0) is 51.4 Å². The lowest BCUT2D eigenvalue weighted by molar-refractivity contribution is 0.147. The highest BCUT2D eigenvalue weighted by Gasteiger charge is 2.32. The number of aliphatic imine (C=N–C) groups is 1. The molecule has 0 spiro atoms. The zero-order chi connectivity index (χ0) is 17.1. The van der Waals surface area contributed by atoms with Gasteiger partial charge in [0.1, 0.15) is 0 Å². The largest absolute Gasteiger partial charge is 0.450 e. The summed E-state index contributed by atoms with van der Waals surface area (Å²) in [5, 5.41) is 9.56. The van der Waals surface area contributed by atoms with Crippen LogP contribution in [0.1, 0.15) is 53.4 Å². The van der Waals surface area contributed by atoms with Gasteiger partial charge < -0.3 is 20.7 Å². The van der Waals surface area contributed by atoms with Gasteiger partial charge in [0.05, 0.1) is 19.2 Å². The summed E-state index contributed by atoms with van der Waals surface area (Å²) >= 11 is 0. The minimum absolute atomic E-state index is 0.0696. The monoisotopic (exact) mass is 326 g/mol. The van der Waals surface area contributed by atoms with Crippen molar-refractivity contribution in [1.29, 1.82) is 0 Å². The molecule has 0 saturated heterocycles. The third-order valence-corrected chi connectivity index (χ3v) is 3.81. The van der Waals surface area contributed by atoms with Gasteiger partial charge in [0.2, 0.25) is 0 Å². The maximum absolute atomic E-state index is 11.6. The summed E-state index contributed by atoms with van der Waals surface area (Å²) in [6.07, 6.45) is 4.32. The van der Waals surface area contributed by atoms with Crippen LogP contribution in [0.4, 0.5) is 4.79 Å². The molecule has 0 radical (unpaired) electrons. The fourth-order valence-electron chi connectivity index (χ4n) is 2.38. The van der Waals surface area contributed by atoms with Crippen LogP contribution in [0.2, 0.25) is 0 Å². The van der Waals surface area contributed by atoms with Crippen molar-refractivity contribution in [3.8, 4) is 0 Å². The molecule has 1 rings (SSSR count). The van der Waals surface area contributed by atoms with Crippen molar-refractivity contribution in [3.05, 3.63) is 0 Å². The zero-order valence-electron chi connectivity index (χ0n) is 15.2. The van der Waals surface area contributed by atoms with Gasteiger partial charge in [-0.3, -0.25) is 4.99 Å². The molecule has 1 saturated carbocycles. The molecule has 6 nitrogen and oxygen atoms in total. The van der Waals surface area contributed by atoms with E-state index in [2.05, 4.69) is 41.7 Å². The van der Waals surface area contributed by atoms with Gasteiger partial charge in [0.25, 0.3) is 0 Å². The first-order valence-electron chi connectivity index (χ1n) is 9.02. The summed E-state index contributed by atoms with van der Waals surface area (Å²) in [7, 11) is 0. The molecular weight excluding hydrogens is 292 g/mol. The molecule has 0 aromatic heterocycles. The van der Waals surface area contributed by atoms with Crippen LogP contribution in [0.15, 0.2) is 4.99 Å². The van der Waals surface area contributed by atoms with Gasteiger partial charge in [-0.25, -0.2) is 4.79 Å². The highest BCUT2D eigenvalue weighted by molar-refractivity contribution is 5.79. The van der Waals surface area contributed by atoms with E-state index >= 15 is 0 Å². The molecule has 0 aromatic carbocycles. The Morgan fingerprint density at radius 1 is 1.26 bits per heavy atom. The number of carbonyl (C=O) groups is 1. The van der Waals surface area contributed by atoms with Crippen molar-refractivity contribution in [1.82, 2.24) is 16.0 Å². The summed E-state index contributed by atoms with van der Waals surface area (Å²) < 4.78 is 4.98. The molecule has 23 heavy (non-hydrogen) atoms. The van der Waals surface area contributed by atoms with Crippen molar-refractivity contribution >= 4 is 12.1 Å². The molecule has 0 aromatic rings. The van der Waals surface area contributed by atoms with Crippen LogP contribution in [-0.4, -0.2) is 44.3 Å². The number of guanidine groups is 1. The highest BCUT2D eigenvalue weighted by Crippen LogP contribution is 2.32. The number of nitrogens with zero attached hydrogens (tertiary/aromatic N) is 1. The maximum atomic E-state index is 11.6. The molecule has 1 aliphatic carbocycles. The van der Waals surface area contributed by atoms with E-state index in [9.17, 15) is 4.79 Å². The molecule has 1 atom stereocenters. The number of hydrogen-bond donors (Lipinski definition) is 3. The second kappa shape index (κ2) is 11.1. The molecule has 1 amide bonds. The van der Waals surface area contributed by atoms with Crippen molar-refractivity contribution in [2.24, 2.45) is 16.8 Å². The Morgan fingerprint density at radius 3 is 2.57 bits per heavy atom. The van der Waals surface area contributed by atoms with Crippen LogP contribution in [-0.2, 0) is 4.74 Å². The van der Waals surface area contributed by atoms with Crippen LogP contribution in [0.25, 0.3) is 0 Å². The van der Waals surface area contributed by atoms with E-state index < -0.39 is 0 Å². The Morgan fingerprint density at radius 2 is 2.00 bits per heavy atom. The maximum Gasteiger partial charge on any atom is 0.407 e. The van der Waals surface area contributed by atoms with Gasteiger partial charge in [0, 0.05) is 13.1 Å². The van der Waals surface area contributed by atoms with E-state index in [1.54, 1.807) is 0 Å². The summed E-state index contributed by atoms with van der Waals surface area (Å²) in [5.74, 6) is 2.09. The normalized spacial score (nSPS) is 16.1. The smallest absolute Gasteiger partial charge is 0.407 e. The summed E-state index contributed by atoms with van der Waals surface area (Å²) in [6.45, 7) is 11.1. The van der Waals surface area contributed by atoms with Crippen LogP contribution < -0.4 is 16.0 Å². The van der Waals surface area contributed by atoms with E-state index in [1.165, 1.54) is 6.42 Å². The number of hydrogen-bond acceptors (Lipinski definition) is 3. The topological polar surface area (TPSA) is 74.8 Å². The van der Waals surface area contributed by atoms with Gasteiger partial charge in [-0.2, -0.15) is 0 Å². The van der Waals surface area contributed by atoms with E-state index in [-0.39, 0.29) is 12.1 Å². The standard InChI is InChI=1S/C17H34N4O2/c1-5-18-16(19-11-7-8-13(3)4)20-12-15(14-9-10-14)21-17(22)23-6-2/h13-15H,5-12H2,1-4H3,(H,21,22)(H2,18,19,20). The second-order valence-electron chi connectivity index (χ2n) is 6.49. The van der Waals surface area contributed by atoms with E-state index in [1.807, 2.05) is 6.92 Å². The SMILES string of the molecule is CCNC(=NCC(NC(=O)OCC)C1CC1)NCCCC(C)C. The van der Waals surface area contributed by atoms with Crippen LogP contribution >= 0.6 is 0 Å². The van der Waals surface area contributed by atoms with Crippen LogP contribution in [0.3, 0.4) is 0 Å². The Hall–Kier alpha value is -1.46. The van der Waals surface area contributed by atoms with Gasteiger partial charge in [-0.15, -0.1) is 0 Å². The molecule has 3 N–H and O–H groups in total. The molecular formula is C17H34N4O2. The van der Waals surface area contributed by atoms with E-state index in [4.69, 9.17) is 4.74 Å². The molecule has 134 valence electrons. The van der Waals surface area contributed by atoms with Crippen LogP contribution in [0.5, 0.6) is 0 Å². The number of carbonyl (C=O) groups excluding carboxylic acids is 1. The lowest BCUT2D eigenvalue weighted by Crippen LogP contribution is -2.42. The van der Waals surface area contributed by atoms with Crippen molar-refractivity contribution in [3.63, 3.8) is 0 Å². The molecule has 0 heterocycles. The molecule has 0 bridgehead atoms. The molecule has 1 aliphatic rings. The third kappa shape index (κ3) is 9.31. The Balaban J connectivity index is 2.43. The first kappa shape index (κ1) is 19.6. The minimum Gasteiger partial charge on any atom is -0.450 e. The van der Waals surface area contributed by atoms with Crippen molar-refractivity contribution in [2.45, 2.75) is 59.4 Å². The number of rotatable bonds is 10. The average molecular weight is 326 g/mol. The zero-order valence-corrected chi connectivity index (χ0v) is 15.2. The van der Waals surface area contributed by atoms with Gasteiger partial charge in [0.15, 0.2) is 5.96 Å². The lowest BCUT2D eigenvalue weighted by atomic mass is 10.1. The predicted molar refractivity (Wildman–Crippen MR) is 94.7 cm³/mol. The Bertz CT molecular complexity index is 368. The molecule has 1 unspecified atom stereocenters. The molecule has 1 fully saturated rings. The molecule has 6 heteroatoms. The average Bonchev–Trinajstić information content (AvgIpc) is 3.32. The van der Waals surface area contributed by atoms with Crippen molar-refractivity contribution in [2.75, 3.05) is 26.2 Å². The highest BCUT2D eigenvalue weighted by atomic mass is 16.5. The predicted octanol–water partition coefficient (Wildman–Crippen LogP) is 2.50. The number of amides is 1. The Labute approximate surface area is 140 Å². The molecule has 0 aliphatic heterocycles. The summed E-state index contributed by atoms with van der Waals surface area (Å²) in [4.78, 5) is 16.2. The number of nitrogens with one attached hydrogen (secondary N) is 3. The third-order valence-electron chi connectivity index (χ3n) is 3.81. The van der Waals surface area contributed by atoms with E-state index in [0.29, 0.717) is 19.1 Å². The van der Waals surface area contributed by atoms with Gasteiger partial charge >= 0.3 is 6.09 Å². The quantitative estimate of drug-likeness (QED) is 0.328. The Kier molecular flexibility index (Phi) is 9.48. The first-order chi connectivity index (χ1) is 11.1. The lowest BCUT2D eigenvalue weighted by Gasteiger charge is -2.17. The van der Waals surface area contributed by atoms with Crippen LogP contribution in [0, 0.1) is 11.8 Å². The van der Waals surface area contributed by atoms with Gasteiger partial charge in [-0.1, -0.05) is 13.8 Å². The summed E-state index contributed by atoms with van der Waals surface area (Å²) in [6, 6.07) is 0.0696. The second-order valence-corrected chi connectivity index (χ2v) is 6.49. The fourth-order valence-corrected chi connectivity index (χ4v) is 2.38. The van der Waals surface area contributed by atoms with Crippen molar-refractivity contribution < 1.29 is 9.53 Å². The minimum atomic E-state index is -0.338. The number of alkyl carbamates (subject to hydrolysis) is 1. The summed E-state index contributed by atoms with van der Waals surface area (Å²) in [5.41, 5.74) is 0. The number of ether oxygens (including phenoxy) is 1. The van der Waals surface area contributed by atoms with E-state index in [0.717, 1.165) is 44.2 Å².